The second-order valence-corrected chi connectivity index (χ2v) is 4.07. The van der Waals surface area contributed by atoms with Crippen molar-refractivity contribution in [3.8, 4) is 0 Å². The fourth-order valence-corrected chi connectivity index (χ4v) is 2.22. The number of cyclic esters (lactones) is 1. The molecule has 0 N–H and O–H groups in total. The standard InChI is InChI=1S/C10H13N3O2/c14-10-9(2-5-15-10)12-6-8(7-12)13-4-1-3-11-13/h1,3-4,8-9H,2,5-7H2. The number of ether oxygens (including phenoxy) is 1. The van der Waals surface area contributed by atoms with Crippen LogP contribution in [0.3, 0.4) is 0 Å². The first kappa shape index (κ1) is 8.91. The summed E-state index contributed by atoms with van der Waals surface area (Å²) < 4.78 is 6.90. The average Bonchev–Trinajstić information content (AvgIpc) is 2.76. The van der Waals surface area contributed by atoms with Crippen molar-refractivity contribution in [3.05, 3.63) is 18.5 Å². The van der Waals surface area contributed by atoms with E-state index in [1.165, 1.54) is 0 Å². The van der Waals surface area contributed by atoms with Crippen molar-refractivity contribution in [1.29, 1.82) is 0 Å². The number of esters is 1. The number of aromatic nitrogens is 2. The fourth-order valence-electron chi connectivity index (χ4n) is 2.22. The lowest BCUT2D eigenvalue weighted by Crippen LogP contribution is -2.54. The Morgan fingerprint density at radius 2 is 2.33 bits per heavy atom. The minimum atomic E-state index is -0.0612. The van der Waals surface area contributed by atoms with Gasteiger partial charge >= 0.3 is 5.97 Å². The predicted octanol–water partition coefficient (Wildman–Crippen LogP) is 0.0553. The quantitative estimate of drug-likeness (QED) is 0.643. The number of rotatable bonds is 2. The molecule has 3 rings (SSSR count). The molecule has 15 heavy (non-hydrogen) atoms. The summed E-state index contributed by atoms with van der Waals surface area (Å²) in [4.78, 5) is 13.5. The third-order valence-electron chi connectivity index (χ3n) is 3.14. The highest BCUT2D eigenvalue weighted by Crippen LogP contribution is 2.26. The minimum absolute atomic E-state index is 0.00295. The van der Waals surface area contributed by atoms with Gasteiger partial charge in [-0.1, -0.05) is 0 Å². The van der Waals surface area contributed by atoms with Crippen LogP contribution in [0.2, 0.25) is 0 Å². The largest absolute Gasteiger partial charge is 0.464 e. The Kier molecular flexibility index (Phi) is 1.98. The smallest absolute Gasteiger partial charge is 0.323 e. The molecule has 3 heterocycles. The zero-order valence-electron chi connectivity index (χ0n) is 8.37. The molecule has 0 radical (unpaired) electrons. The van der Waals surface area contributed by atoms with Crippen molar-refractivity contribution in [2.24, 2.45) is 0 Å². The van der Waals surface area contributed by atoms with Crippen molar-refractivity contribution in [2.45, 2.75) is 18.5 Å². The minimum Gasteiger partial charge on any atom is -0.464 e. The van der Waals surface area contributed by atoms with E-state index in [1.807, 2.05) is 16.9 Å². The second-order valence-electron chi connectivity index (χ2n) is 4.07. The first-order valence-corrected chi connectivity index (χ1v) is 5.24. The van der Waals surface area contributed by atoms with E-state index < -0.39 is 0 Å². The molecule has 1 aromatic heterocycles. The molecule has 5 heteroatoms. The first-order valence-electron chi connectivity index (χ1n) is 5.24. The van der Waals surface area contributed by atoms with E-state index in [2.05, 4.69) is 10.00 Å². The summed E-state index contributed by atoms with van der Waals surface area (Å²) in [6, 6.07) is 2.34. The van der Waals surface area contributed by atoms with Gasteiger partial charge in [0.05, 0.1) is 12.6 Å². The highest BCUT2D eigenvalue weighted by molar-refractivity contribution is 5.77. The number of likely N-dealkylation sites (tertiary alicyclic amines) is 1. The predicted molar refractivity (Wildman–Crippen MR) is 52.2 cm³/mol. The molecule has 0 aliphatic carbocycles. The first-order chi connectivity index (χ1) is 7.34. The van der Waals surface area contributed by atoms with Gasteiger partial charge < -0.3 is 4.74 Å². The topological polar surface area (TPSA) is 47.4 Å². The normalized spacial score (nSPS) is 27.7. The Hall–Kier alpha value is -1.36. The maximum absolute atomic E-state index is 11.3. The molecule has 1 aromatic rings. The summed E-state index contributed by atoms with van der Waals surface area (Å²) in [5.41, 5.74) is 0. The maximum atomic E-state index is 11.3. The van der Waals surface area contributed by atoms with Gasteiger partial charge in [-0.2, -0.15) is 5.10 Å². The molecular formula is C10H13N3O2. The summed E-state index contributed by atoms with van der Waals surface area (Å²) in [6.45, 7) is 2.38. The van der Waals surface area contributed by atoms with Gasteiger partial charge in [-0.05, 0) is 6.07 Å². The van der Waals surface area contributed by atoms with E-state index in [9.17, 15) is 4.79 Å². The highest BCUT2D eigenvalue weighted by Gasteiger charge is 2.40. The third-order valence-corrected chi connectivity index (χ3v) is 3.14. The summed E-state index contributed by atoms with van der Waals surface area (Å²) in [6.07, 6.45) is 4.59. The molecule has 2 aliphatic rings. The number of nitrogens with zero attached hydrogens (tertiary/aromatic N) is 3. The van der Waals surface area contributed by atoms with Gasteiger partial charge in [-0.25, -0.2) is 0 Å². The Morgan fingerprint density at radius 3 is 2.93 bits per heavy atom. The van der Waals surface area contributed by atoms with E-state index >= 15 is 0 Å². The van der Waals surface area contributed by atoms with Crippen LogP contribution in [0, 0.1) is 0 Å². The molecule has 1 atom stereocenters. The molecule has 2 saturated heterocycles. The monoisotopic (exact) mass is 207 g/mol. The van der Waals surface area contributed by atoms with Crippen molar-refractivity contribution >= 4 is 5.97 Å². The molecule has 2 aliphatic heterocycles. The van der Waals surface area contributed by atoms with Crippen LogP contribution in [-0.2, 0) is 9.53 Å². The summed E-state index contributed by atoms with van der Waals surface area (Å²) in [5, 5.41) is 4.19. The van der Waals surface area contributed by atoms with Gasteiger partial charge in [0.2, 0.25) is 0 Å². The van der Waals surface area contributed by atoms with Crippen LogP contribution >= 0.6 is 0 Å². The van der Waals surface area contributed by atoms with Gasteiger partial charge in [0.25, 0.3) is 0 Å². The van der Waals surface area contributed by atoms with Crippen molar-refractivity contribution < 1.29 is 9.53 Å². The third kappa shape index (κ3) is 1.43. The highest BCUT2D eigenvalue weighted by atomic mass is 16.5. The molecule has 0 saturated carbocycles. The summed E-state index contributed by atoms with van der Waals surface area (Å²) >= 11 is 0. The summed E-state index contributed by atoms with van der Waals surface area (Å²) in [5.74, 6) is -0.0612. The van der Waals surface area contributed by atoms with Crippen molar-refractivity contribution in [1.82, 2.24) is 14.7 Å². The molecule has 0 amide bonds. The zero-order valence-corrected chi connectivity index (χ0v) is 8.37. The van der Waals surface area contributed by atoms with E-state index in [1.54, 1.807) is 6.20 Å². The van der Waals surface area contributed by atoms with Crippen LogP contribution in [0.1, 0.15) is 12.5 Å². The summed E-state index contributed by atoms with van der Waals surface area (Å²) in [7, 11) is 0. The Balaban J connectivity index is 1.60. The molecular weight excluding hydrogens is 194 g/mol. The van der Waals surface area contributed by atoms with Crippen LogP contribution in [-0.4, -0.2) is 46.4 Å². The number of carbonyl (C=O) groups is 1. The zero-order chi connectivity index (χ0) is 10.3. The van der Waals surface area contributed by atoms with Gasteiger partial charge in [-0.3, -0.25) is 14.4 Å². The molecule has 80 valence electrons. The Labute approximate surface area is 87.6 Å². The molecule has 2 fully saturated rings. The molecule has 5 nitrogen and oxygen atoms in total. The molecule has 1 unspecified atom stereocenters. The van der Waals surface area contributed by atoms with Crippen molar-refractivity contribution in [2.75, 3.05) is 19.7 Å². The molecule has 0 aromatic carbocycles. The lowest BCUT2D eigenvalue weighted by atomic mass is 10.0. The Bertz CT molecular complexity index is 357. The van der Waals surface area contributed by atoms with Crippen LogP contribution < -0.4 is 0 Å². The fraction of sp³-hybridized carbons (Fsp3) is 0.600. The number of carbonyl (C=O) groups excluding carboxylic acids is 1. The van der Waals surface area contributed by atoms with Gasteiger partial charge in [-0.15, -0.1) is 0 Å². The lowest BCUT2D eigenvalue weighted by Gasteiger charge is -2.41. The van der Waals surface area contributed by atoms with Crippen LogP contribution in [0.5, 0.6) is 0 Å². The Morgan fingerprint density at radius 1 is 1.47 bits per heavy atom. The molecule has 0 bridgehead atoms. The van der Waals surface area contributed by atoms with Gasteiger partial charge in [0.15, 0.2) is 0 Å². The molecule has 0 spiro atoms. The SMILES string of the molecule is O=C1OCCC1N1CC(n2cccn2)C1. The second kappa shape index (κ2) is 3.34. The van der Waals surface area contributed by atoms with E-state index in [4.69, 9.17) is 4.74 Å². The average molecular weight is 207 g/mol. The number of hydrogen-bond donors (Lipinski definition) is 0. The van der Waals surface area contributed by atoms with E-state index in [-0.39, 0.29) is 12.0 Å². The van der Waals surface area contributed by atoms with E-state index in [0.717, 1.165) is 19.5 Å². The van der Waals surface area contributed by atoms with Crippen LogP contribution in [0.4, 0.5) is 0 Å². The number of hydrogen-bond acceptors (Lipinski definition) is 4. The van der Waals surface area contributed by atoms with Crippen molar-refractivity contribution in [3.63, 3.8) is 0 Å². The lowest BCUT2D eigenvalue weighted by molar-refractivity contribution is -0.144. The maximum Gasteiger partial charge on any atom is 0.323 e. The van der Waals surface area contributed by atoms with Crippen LogP contribution in [0.15, 0.2) is 18.5 Å². The van der Waals surface area contributed by atoms with Crippen LogP contribution in [0.25, 0.3) is 0 Å². The van der Waals surface area contributed by atoms with Gasteiger partial charge in [0.1, 0.15) is 6.04 Å². The van der Waals surface area contributed by atoms with Gasteiger partial charge in [0, 0.05) is 31.9 Å². The van der Waals surface area contributed by atoms with E-state index in [0.29, 0.717) is 12.6 Å².